The molecule has 4 aromatic heterocycles. The topological polar surface area (TPSA) is 0 Å². The SMILES string of the molecule is C[Si](C)(C)C#Cc1ccc(-c2ccc(-c3ccc(-c4cccs4)s3)s2)s1. The van der Waals surface area contributed by atoms with Gasteiger partial charge in [0.05, 0.1) is 4.88 Å². The quantitative estimate of drug-likeness (QED) is 0.229. The molecule has 26 heavy (non-hydrogen) atoms. The normalized spacial score (nSPS) is 11.3. The summed E-state index contributed by atoms with van der Waals surface area (Å²) in [5.74, 6) is 3.37. The fourth-order valence-electron chi connectivity index (χ4n) is 2.41. The average molecular weight is 427 g/mol. The molecule has 0 nitrogen and oxygen atoms in total. The molecular formula is C21H18S4Si. The van der Waals surface area contributed by atoms with E-state index >= 15 is 0 Å². The Morgan fingerprint density at radius 1 is 0.654 bits per heavy atom. The summed E-state index contributed by atoms with van der Waals surface area (Å²) in [4.78, 5) is 9.21. The Kier molecular flexibility index (Phi) is 5.04. The molecule has 0 aromatic carbocycles. The maximum absolute atomic E-state index is 3.46. The van der Waals surface area contributed by atoms with Gasteiger partial charge >= 0.3 is 0 Å². The highest BCUT2D eigenvalue weighted by Crippen LogP contribution is 2.42. The van der Waals surface area contributed by atoms with Gasteiger partial charge in [0.15, 0.2) is 0 Å². The summed E-state index contributed by atoms with van der Waals surface area (Å²) >= 11 is 7.35. The van der Waals surface area contributed by atoms with Gasteiger partial charge in [-0.25, -0.2) is 0 Å². The predicted octanol–water partition coefficient (Wildman–Crippen LogP) is 8.16. The van der Waals surface area contributed by atoms with E-state index in [0.29, 0.717) is 0 Å². The fraction of sp³-hybridized carbons (Fsp3) is 0.143. The van der Waals surface area contributed by atoms with Crippen LogP contribution in [0.15, 0.2) is 53.9 Å². The lowest BCUT2D eigenvalue weighted by molar-refractivity contribution is 1.81. The fourth-order valence-corrected chi connectivity index (χ4v) is 6.90. The zero-order valence-electron chi connectivity index (χ0n) is 14.8. The Hall–Kier alpha value is -1.42. The highest BCUT2D eigenvalue weighted by molar-refractivity contribution is 7.28. The second-order valence-electron chi connectivity index (χ2n) is 6.97. The molecule has 0 aliphatic heterocycles. The van der Waals surface area contributed by atoms with Gasteiger partial charge in [0.2, 0.25) is 0 Å². The van der Waals surface area contributed by atoms with Crippen LogP contribution in [0.3, 0.4) is 0 Å². The van der Waals surface area contributed by atoms with Crippen LogP contribution in [0.5, 0.6) is 0 Å². The van der Waals surface area contributed by atoms with Crippen molar-refractivity contribution in [1.82, 2.24) is 0 Å². The highest BCUT2D eigenvalue weighted by Gasteiger charge is 2.11. The minimum Gasteiger partial charge on any atom is -0.143 e. The molecule has 130 valence electrons. The summed E-state index contributed by atoms with van der Waals surface area (Å²) in [6.07, 6.45) is 0. The summed E-state index contributed by atoms with van der Waals surface area (Å²) in [6, 6.07) is 17.6. The number of hydrogen-bond donors (Lipinski definition) is 0. The third-order valence-electron chi connectivity index (χ3n) is 3.63. The molecule has 0 spiro atoms. The highest BCUT2D eigenvalue weighted by atomic mass is 32.1. The monoisotopic (exact) mass is 426 g/mol. The Morgan fingerprint density at radius 3 is 1.73 bits per heavy atom. The maximum Gasteiger partial charge on any atom is 0.129 e. The third kappa shape index (κ3) is 4.11. The molecule has 0 amide bonds. The van der Waals surface area contributed by atoms with Crippen LogP contribution in [0.1, 0.15) is 4.88 Å². The molecule has 0 aliphatic carbocycles. The summed E-state index contributed by atoms with van der Waals surface area (Å²) in [5.41, 5.74) is 3.46. The van der Waals surface area contributed by atoms with E-state index in [9.17, 15) is 0 Å². The summed E-state index contributed by atoms with van der Waals surface area (Å²) in [7, 11) is -1.32. The standard InChI is InChI=1S/C21H18S4Si/c1-26(2,3)14-12-15-6-7-18(23-15)19-10-11-21(25-19)20-9-8-17(24-20)16-5-4-13-22-16/h4-11,13H,1-3H3. The maximum atomic E-state index is 3.46. The second kappa shape index (κ2) is 7.30. The first-order valence-corrected chi connectivity index (χ1v) is 15.2. The Labute approximate surface area is 171 Å². The zero-order valence-corrected chi connectivity index (χ0v) is 19.1. The van der Waals surface area contributed by atoms with Crippen molar-refractivity contribution in [2.45, 2.75) is 19.6 Å². The first kappa shape index (κ1) is 18.0. The second-order valence-corrected chi connectivity index (χ2v) is 15.9. The lowest BCUT2D eigenvalue weighted by Crippen LogP contribution is -2.16. The lowest BCUT2D eigenvalue weighted by Gasteiger charge is -2.02. The van der Waals surface area contributed by atoms with Gasteiger partial charge in [-0.3, -0.25) is 0 Å². The van der Waals surface area contributed by atoms with Crippen molar-refractivity contribution in [2.24, 2.45) is 0 Å². The Morgan fingerprint density at radius 2 is 1.19 bits per heavy atom. The van der Waals surface area contributed by atoms with Gasteiger partial charge in [0, 0.05) is 29.3 Å². The van der Waals surface area contributed by atoms with Crippen LogP contribution in [-0.4, -0.2) is 8.07 Å². The number of thiophene rings is 4. The van der Waals surface area contributed by atoms with Gasteiger partial charge in [-0.05, 0) is 47.8 Å². The van der Waals surface area contributed by atoms with Crippen molar-refractivity contribution in [2.75, 3.05) is 0 Å². The van der Waals surface area contributed by atoms with E-state index in [2.05, 4.69) is 85.0 Å². The molecule has 0 saturated heterocycles. The molecule has 5 heteroatoms. The summed E-state index contributed by atoms with van der Waals surface area (Å²) < 4.78 is 0. The smallest absolute Gasteiger partial charge is 0.129 e. The van der Waals surface area contributed by atoms with Crippen molar-refractivity contribution in [3.05, 3.63) is 58.8 Å². The molecule has 0 aliphatic rings. The van der Waals surface area contributed by atoms with E-state index in [-0.39, 0.29) is 0 Å². The van der Waals surface area contributed by atoms with Crippen LogP contribution >= 0.6 is 45.3 Å². The molecule has 0 bridgehead atoms. The molecular weight excluding hydrogens is 409 g/mol. The van der Waals surface area contributed by atoms with Gasteiger partial charge in [0.1, 0.15) is 8.07 Å². The van der Waals surface area contributed by atoms with Gasteiger partial charge in [-0.15, -0.1) is 50.9 Å². The average Bonchev–Trinajstić information content (AvgIpc) is 3.39. The molecule has 0 saturated carbocycles. The summed E-state index contributed by atoms with van der Waals surface area (Å²) in [6.45, 7) is 6.85. The van der Waals surface area contributed by atoms with E-state index < -0.39 is 8.07 Å². The zero-order chi connectivity index (χ0) is 18.1. The first-order valence-electron chi connectivity index (χ1n) is 8.35. The molecule has 0 unspecified atom stereocenters. The number of rotatable bonds is 3. The van der Waals surface area contributed by atoms with Crippen LogP contribution < -0.4 is 0 Å². The largest absolute Gasteiger partial charge is 0.143 e. The number of hydrogen-bond acceptors (Lipinski definition) is 4. The Balaban J connectivity index is 1.57. The molecule has 4 aromatic rings. The minimum atomic E-state index is -1.32. The molecule has 0 atom stereocenters. The van der Waals surface area contributed by atoms with Gasteiger partial charge in [0.25, 0.3) is 0 Å². The predicted molar refractivity (Wildman–Crippen MR) is 124 cm³/mol. The molecule has 0 fully saturated rings. The van der Waals surface area contributed by atoms with Gasteiger partial charge in [-0.2, -0.15) is 0 Å². The first-order chi connectivity index (χ1) is 12.5. The van der Waals surface area contributed by atoms with Gasteiger partial charge in [-0.1, -0.05) is 31.6 Å². The van der Waals surface area contributed by atoms with E-state index in [0.717, 1.165) is 0 Å². The van der Waals surface area contributed by atoms with Crippen LogP contribution in [0.25, 0.3) is 29.3 Å². The van der Waals surface area contributed by atoms with Crippen molar-refractivity contribution in [3.63, 3.8) is 0 Å². The van der Waals surface area contributed by atoms with Crippen LogP contribution in [0.4, 0.5) is 0 Å². The van der Waals surface area contributed by atoms with E-state index in [1.54, 1.807) is 22.7 Å². The molecule has 4 rings (SSSR count). The van der Waals surface area contributed by atoms with Crippen LogP contribution in [0, 0.1) is 11.5 Å². The minimum absolute atomic E-state index is 1.17. The third-order valence-corrected chi connectivity index (χ3v) is 9.13. The van der Waals surface area contributed by atoms with Crippen molar-refractivity contribution >= 4 is 53.4 Å². The molecule has 0 radical (unpaired) electrons. The van der Waals surface area contributed by atoms with E-state index in [4.69, 9.17) is 0 Å². The summed E-state index contributed by atoms with van der Waals surface area (Å²) in [5, 5.41) is 2.14. The van der Waals surface area contributed by atoms with Crippen LogP contribution in [0.2, 0.25) is 19.6 Å². The van der Waals surface area contributed by atoms with E-state index in [1.165, 1.54) is 34.1 Å². The van der Waals surface area contributed by atoms with E-state index in [1.807, 2.05) is 22.7 Å². The van der Waals surface area contributed by atoms with Crippen LogP contribution in [-0.2, 0) is 0 Å². The van der Waals surface area contributed by atoms with Gasteiger partial charge < -0.3 is 0 Å². The lowest BCUT2D eigenvalue weighted by atomic mass is 10.3. The van der Waals surface area contributed by atoms with Crippen molar-refractivity contribution < 1.29 is 0 Å². The van der Waals surface area contributed by atoms with Crippen molar-refractivity contribution in [3.8, 4) is 40.7 Å². The molecule has 4 heterocycles. The Bertz CT molecular complexity index is 1080. The van der Waals surface area contributed by atoms with Crippen molar-refractivity contribution in [1.29, 1.82) is 0 Å². The molecule has 0 N–H and O–H groups in total.